The minimum atomic E-state index is -0.239. The van der Waals surface area contributed by atoms with Crippen LogP contribution in [-0.4, -0.2) is 32.0 Å². The Balaban J connectivity index is 1.53. The molecule has 2 aromatic heterocycles. The number of Topliss-reactive ketones (excluding diaryl/α,β-unsaturated/α-hetero) is 1. The highest BCUT2D eigenvalue weighted by Gasteiger charge is 2.19. The first kappa shape index (κ1) is 23.6. The SMILES string of the molecule is CC(=O)c1ccc(NC(=O)CSc2nc3c([nH]c4ccccc43)c(=O)n2-c2cccc(C)c2C)cc1. The summed E-state index contributed by atoms with van der Waals surface area (Å²) in [5, 5.41) is 4.14. The lowest BCUT2D eigenvalue weighted by Gasteiger charge is -2.15. The number of thioether (sulfide) groups is 1. The maximum Gasteiger partial charge on any atom is 0.283 e. The minimum Gasteiger partial charge on any atom is -0.349 e. The number of nitrogens with zero attached hydrogens (tertiary/aromatic N) is 2. The lowest BCUT2D eigenvalue weighted by molar-refractivity contribution is -0.113. The predicted molar refractivity (Wildman–Crippen MR) is 144 cm³/mol. The van der Waals surface area contributed by atoms with E-state index >= 15 is 0 Å². The number of aryl methyl sites for hydroxylation is 1. The molecule has 5 rings (SSSR count). The number of rotatable bonds is 6. The molecule has 0 aliphatic carbocycles. The van der Waals surface area contributed by atoms with Crippen LogP contribution in [0.5, 0.6) is 0 Å². The van der Waals surface area contributed by atoms with Gasteiger partial charge in [0.25, 0.3) is 5.56 Å². The maximum absolute atomic E-state index is 13.8. The number of amides is 1. The number of H-pyrrole nitrogens is 1. The molecule has 5 aromatic rings. The Morgan fingerprint density at radius 2 is 1.75 bits per heavy atom. The summed E-state index contributed by atoms with van der Waals surface area (Å²) in [5.41, 5.74) is 5.56. The van der Waals surface area contributed by atoms with Crippen LogP contribution in [0.3, 0.4) is 0 Å². The molecule has 0 unspecified atom stereocenters. The number of carbonyl (C=O) groups excluding carboxylic acids is 2. The van der Waals surface area contributed by atoms with Crippen molar-refractivity contribution in [2.75, 3.05) is 11.1 Å². The van der Waals surface area contributed by atoms with Crippen LogP contribution >= 0.6 is 11.8 Å². The third-order valence-electron chi connectivity index (χ3n) is 6.22. The van der Waals surface area contributed by atoms with E-state index in [2.05, 4.69) is 10.3 Å². The number of hydrogen-bond acceptors (Lipinski definition) is 5. The van der Waals surface area contributed by atoms with E-state index in [9.17, 15) is 14.4 Å². The van der Waals surface area contributed by atoms with Crippen LogP contribution in [0.15, 0.2) is 76.7 Å². The number of hydrogen-bond donors (Lipinski definition) is 2. The molecular formula is C28H24N4O3S. The van der Waals surface area contributed by atoms with Gasteiger partial charge in [-0.2, -0.15) is 0 Å². The van der Waals surface area contributed by atoms with Gasteiger partial charge in [-0.05, 0) is 68.3 Å². The third kappa shape index (κ3) is 4.31. The molecule has 2 N–H and O–H groups in total. The zero-order valence-corrected chi connectivity index (χ0v) is 20.9. The second kappa shape index (κ2) is 9.47. The van der Waals surface area contributed by atoms with Gasteiger partial charge >= 0.3 is 0 Å². The second-order valence-corrected chi connectivity index (χ2v) is 9.56. The fourth-order valence-electron chi connectivity index (χ4n) is 4.14. The molecule has 0 aliphatic heterocycles. The predicted octanol–water partition coefficient (Wildman–Crippen LogP) is 5.42. The number of aromatic amines is 1. The van der Waals surface area contributed by atoms with Crippen molar-refractivity contribution < 1.29 is 9.59 Å². The van der Waals surface area contributed by atoms with Gasteiger partial charge in [0.2, 0.25) is 5.91 Å². The zero-order chi connectivity index (χ0) is 25.4. The number of ketones is 1. The zero-order valence-electron chi connectivity index (χ0n) is 20.1. The lowest BCUT2D eigenvalue weighted by Crippen LogP contribution is -2.23. The highest BCUT2D eigenvalue weighted by molar-refractivity contribution is 7.99. The highest BCUT2D eigenvalue weighted by atomic mass is 32.2. The molecule has 7 nitrogen and oxygen atoms in total. The third-order valence-corrected chi connectivity index (χ3v) is 7.16. The number of para-hydroxylation sites is 1. The van der Waals surface area contributed by atoms with E-state index in [0.717, 1.165) is 27.7 Å². The lowest BCUT2D eigenvalue weighted by atomic mass is 10.1. The van der Waals surface area contributed by atoms with E-state index in [-0.39, 0.29) is 23.0 Å². The van der Waals surface area contributed by atoms with Crippen LogP contribution in [0.4, 0.5) is 5.69 Å². The summed E-state index contributed by atoms with van der Waals surface area (Å²) in [6.07, 6.45) is 0. The number of anilines is 1. The van der Waals surface area contributed by atoms with Crippen molar-refractivity contribution in [3.05, 3.63) is 93.8 Å². The van der Waals surface area contributed by atoms with Crippen molar-refractivity contribution in [1.82, 2.24) is 14.5 Å². The van der Waals surface area contributed by atoms with Crippen molar-refractivity contribution in [3.63, 3.8) is 0 Å². The van der Waals surface area contributed by atoms with Gasteiger partial charge in [0.15, 0.2) is 10.9 Å². The smallest absolute Gasteiger partial charge is 0.283 e. The fourth-order valence-corrected chi connectivity index (χ4v) is 4.94. The Bertz CT molecular complexity index is 1700. The van der Waals surface area contributed by atoms with E-state index < -0.39 is 0 Å². The molecule has 0 aliphatic rings. The molecule has 0 spiro atoms. The van der Waals surface area contributed by atoms with Gasteiger partial charge in [0.1, 0.15) is 11.0 Å². The topological polar surface area (TPSA) is 96.8 Å². The van der Waals surface area contributed by atoms with E-state index in [0.29, 0.717) is 27.4 Å². The van der Waals surface area contributed by atoms with E-state index in [1.807, 2.05) is 56.3 Å². The number of aromatic nitrogens is 3. The Morgan fingerprint density at radius 3 is 2.50 bits per heavy atom. The number of carbonyl (C=O) groups is 2. The molecule has 180 valence electrons. The Labute approximate surface area is 211 Å². The van der Waals surface area contributed by atoms with Crippen LogP contribution in [0, 0.1) is 13.8 Å². The van der Waals surface area contributed by atoms with E-state index in [4.69, 9.17) is 4.98 Å². The monoisotopic (exact) mass is 496 g/mol. The average Bonchev–Trinajstić information content (AvgIpc) is 3.24. The molecule has 0 atom stereocenters. The summed E-state index contributed by atoms with van der Waals surface area (Å²) in [6.45, 7) is 5.46. The number of fused-ring (bicyclic) bond motifs is 3. The molecule has 8 heteroatoms. The van der Waals surface area contributed by atoms with Crippen molar-refractivity contribution in [3.8, 4) is 5.69 Å². The molecule has 0 fully saturated rings. The average molecular weight is 497 g/mol. The van der Waals surface area contributed by atoms with Gasteiger partial charge in [-0.25, -0.2) is 4.98 Å². The number of nitrogens with one attached hydrogen (secondary N) is 2. The fraction of sp³-hybridized carbons (Fsp3) is 0.143. The number of benzene rings is 3. The van der Waals surface area contributed by atoms with Crippen LogP contribution in [0.25, 0.3) is 27.6 Å². The molecular weight excluding hydrogens is 472 g/mol. The first-order valence-corrected chi connectivity index (χ1v) is 12.5. The molecule has 1 amide bonds. The summed E-state index contributed by atoms with van der Waals surface area (Å²) in [4.78, 5) is 46.1. The minimum absolute atomic E-state index is 0.0356. The molecule has 36 heavy (non-hydrogen) atoms. The summed E-state index contributed by atoms with van der Waals surface area (Å²) in [7, 11) is 0. The van der Waals surface area contributed by atoms with Gasteiger partial charge in [-0.3, -0.25) is 19.0 Å². The quantitative estimate of drug-likeness (QED) is 0.186. The van der Waals surface area contributed by atoms with Gasteiger partial charge in [0, 0.05) is 22.2 Å². The summed E-state index contributed by atoms with van der Waals surface area (Å²) >= 11 is 1.20. The van der Waals surface area contributed by atoms with Crippen LogP contribution in [0.1, 0.15) is 28.4 Å². The van der Waals surface area contributed by atoms with Gasteiger partial charge < -0.3 is 10.3 Å². The Morgan fingerprint density at radius 1 is 1.00 bits per heavy atom. The van der Waals surface area contributed by atoms with E-state index in [1.54, 1.807) is 28.8 Å². The van der Waals surface area contributed by atoms with Gasteiger partial charge in [-0.15, -0.1) is 0 Å². The van der Waals surface area contributed by atoms with Crippen LogP contribution < -0.4 is 10.9 Å². The Hall–Kier alpha value is -4.17. The second-order valence-electron chi connectivity index (χ2n) is 8.62. The normalized spacial score (nSPS) is 11.2. The van der Waals surface area contributed by atoms with Gasteiger partial charge in [-0.1, -0.05) is 42.1 Å². The molecule has 3 aromatic carbocycles. The standard InChI is InChI=1S/C28H24N4O3S/c1-16-7-6-10-23(17(16)2)32-27(35)26-25(21-8-4-5-9-22(21)30-26)31-28(32)36-15-24(34)29-20-13-11-19(12-14-20)18(3)33/h4-14,30H,15H2,1-3H3,(H,29,34). The summed E-state index contributed by atoms with van der Waals surface area (Å²) < 4.78 is 1.58. The van der Waals surface area contributed by atoms with E-state index in [1.165, 1.54) is 18.7 Å². The van der Waals surface area contributed by atoms with Crippen molar-refractivity contribution in [2.45, 2.75) is 25.9 Å². The summed E-state index contributed by atoms with van der Waals surface area (Å²) in [6, 6.07) is 20.2. The first-order valence-electron chi connectivity index (χ1n) is 11.5. The van der Waals surface area contributed by atoms with Gasteiger partial charge in [0.05, 0.1) is 11.4 Å². The molecule has 0 saturated heterocycles. The molecule has 0 bridgehead atoms. The Kier molecular flexibility index (Phi) is 6.20. The highest BCUT2D eigenvalue weighted by Crippen LogP contribution is 2.28. The molecule has 2 heterocycles. The molecule has 0 saturated carbocycles. The van der Waals surface area contributed by atoms with Crippen LogP contribution in [0.2, 0.25) is 0 Å². The van der Waals surface area contributed by atoms with Crippen LogP contribution in [-0.2, 0) is 4.79 Å². The largest absolute Gasteiger partial charge is 0.349 e. The maximum atomic E-state index is 13.8. The van der Waals surface area contributed by atoms with Crippen molar-refractivity contribution in [1.29, 1.82) is 0 Å². The first-order chi connectivity index (χ1) is 17.3. The van der Waals surface area contributed by atoms with Crippen molar-refractivity contribution >= 4 is 51.1 Å². The molecule has 0 radical (unpaired) electrons. The van der Waals surface area contributed by atoms with Crippen molar-refractivity contribution in [2.24, 2.45) is 0 Å². The summed E-state index contributed by atoms with van der Waals surface area (Å²) in [5.74, 6) is -0.220.